The second-order valence-electron chi connectivity index (χ2n) is 20.8. The van der Waals surface area contributed by atoms with Gasteiger partial charge < -0.3 is 40.3 Å². The summed E-state index contributed by atoms with van der Waals surface area (Å²) in [5.74, 6) is -0.190. The maximum absolute atomic E-state index is 13.0. The number of allylic oxidation sites excluding steroid dienone is 7. The van der Waals surface area contributed by atoms with Gasteiger partial charge in [-0.15, -0.1) is 0 Å². The van der Waals surface area contributed by atoms with Crippen LogP contribution < -0.4 is 5.32 Å². The molecule has 1 fully saturated rings. The maximum Gasteiger partial charge on any atom is 0.220 e. The second-order valence-corrected chi connectivity index (χ2v) is 20.8. The van der Waals surface area contributed by atoms with Gasteiger partial charge in [0.25, 0.3) is 0 Å². The molecule has 0 spiro atoms. The van der Waals surface area contributed by atoms with Gasteiger partial charge in [0.05, 0.1) is 25.4 Å². The lowest BCUT2D eigenvalue weighted by Crippen LogP contribution is -2.60. The summed E-state index contributed by atoms with van der Waals surface area (Å²) in [6, 6.07) is -0.826. The number of carbonyl (C=O) groups is 1. The van der Waals surface area contributed by atoms with Gasteiger partial charge in [0.15, 0.2) is 6.29 Å². The van der Waals surface area contributed by atoms with Crippen molar-refractivity contribution in [3.63, 3.8) is 0 Å². The first-order valence-corrected chi connectivity index (χ1v) is 29.9. The normalized spacial score (nSPS) is 19.7. The van der Waals surface area contributed by atoms with Gasteiger partial charge in [-0.1, -0.05) is 255 Å². The van der Waals surface area contributed by atoms with Crippen molar-refractivity contribution in [3.8, 4) is 0 Å². The highest BCUT2D eigenvalue weighted by atomic mass is 16.7. The molecule has 1 amide bonds. The largest absolute Gasteiger partial charge is 0.394 e. The zero-order chi connectivity index (χ0) is 50.8. The van der Waals surface area contributed by atoms with E-state index < -0.39 is 49.5 Å². The summed E-state index contributed by atoms with van der Waals surface area (Å²) in [6.07, 6.45) is 60.4. The van der Waals surface area contributed by atoms with Crippen molar-refractivity contribution >= 4 is 5.91 Å². The van der Waals surface area contributed by atoms with E-state index in [1.807, 2.05) is 6.08 Å². The Morgan fingerprint density at radius 3 is 1.31 bits per heavy atom. The third-order valence-electron chi connectivity index (χ3n) is 14.1. The van der Waals surface area contributed by atoms with Gasteiger partial charge in [-0.2, -0.15) is 0 Å². The average Bonchev–Trinajstić information content (AvgIpc) is 3.36. The van der Waals surface area contributed by atoms with E-state index in [9.17, 15) is 30.3 Å². The Balaban J connectivity index is 2.22. The van der Waals surface area contributed by atoms with Gasteiger partial charge in [0, 0.05) is 6.42 Å². The van der Waals surface area contributed by atoms with Crippen molar-refractivity contribution in [3.05, 3.63) is 48.6 Å². The van der Waals surface area contributed by atoms with Crippen LogP contribution in [0, 0.1) is 0 Å². The molecule has 7 unspecified atom stereocenters. The molecule has 410 valence electrons. The first-order chi connectivity index (χ1) is 34.3. The van der Waals surface area contributed by atoms with Crippen molar-refractivity contribution < 1.29 is 39.8 Å². The Hall–Kier alpha value is -1.85. The Labute approximate surface area is 431 Å². The van der Waals surface area contributed by atoms with E-state index in [1.165, 1.54) is 205 Å². The van der Waals surface area contributed by atoms with Gasteiger partial charge in [-0.05, 0) is 64.2 Å². The molecule has 0 aromatic carbocycles. The number of ether oxygens (including phenoxy) is 2. The molecule has 0 aliphatic carbocycles. The van der Waals surface area contributed by atoms with Gasteiger partial charge in [0.2, 0.25) is 5.91 Å². The van der Waals surface area contributed by atoms with Crippen molar-refractivity contribution in [2.24, 2.45) is 0 Å². The molecule has 1 saturated heterocycles. The molecule has 9 heteroatoms. The molecule has 1 heterocycles. The van der Waals surface area contributed by atoms with Crippen LogP contribution in [0.1, 0.15) is 277 Å². The molecule has 0 radical (unpaired) electrons. The second kappa shape index (κ2) is 50.7. The SMILES string of the molecule is CCCCC/C=C\C/C=C\CCCCCCCCCCCC(=O)NC(COC1OC(CO)C(O)C(O)C1O)C(O)/C=C/CC/C=C/CCCCCCCCCCCCCCCCCCCCCCCC. The average molecular weight is 989 g/mol. The number of aliphatic hydroxyl groups excluding tert-OH is 5. The van der Waals surface area contributed by atoms with E-state index in [-0.39, 0.29) is 12.5 Å². The maximum atomic E-state index is 13.0. The molecule has 1 aliphatic heterocycles. The van der Waals surface area contributed by atoms with Crippen LogP contribution in [-0.2, 0) is 14.3 Å². The van der Waals surface area contributed by atoms with Crippen LogP contribution >= 0.6 is 0 Å². The monoisotopic (exact) mass is 988 g/mol. The van der Waals surface area contributed by atoms with Gasteiger partial charge >= 0.3 is 0 Å². The number of unbranched alkanes of at least 4 members (excludes halogenated alkanes) is 35. The minimum atomic E-state index is -1.57. The summed E-state index contributed by atoms with van der Waals surface area (Å²) >= 11 is 0. The molecule has 7 atom stereocenters. The van der Waals surface area contributed by atoms with E-state index in [2.05, 4.69) is 55.6 Å². The van der Waals surface area contributed by atoms with Gasteiger partial charge in [-0.25, -0.2) is 0 Å². The van der Waals surface area contributed by atoms with Crippen LogP contribution in [0.5, 0.6) is 0 Å². The molecule has 0 aromatic rings. The molecule has 1 aliphatic rings. The zero-order valence-corrected chi connectivity index (χ0v) is 45.5. The molecule has 70 heavy (non-hydrogen) atoms. The molecule has 0 aromatic heterocycles. The Morgan fingerprint density at radius 2 is 0.857 bits per heavy atom. The number of rotatable bonds is 51. The van der Waals surface area contributed by atoms with Crippen LogP contribution in [-0.4, -0.2) is 87.5 Å². The van der Waals surface area contributed by atoms with Crippen LogP contribution in [0.4, 0.5) is 0 Å². The van der Waals surface area contributed by atoms with Crippen molar-refractivity contribution in [2.75, 3.05) is 13.2 Å². The van der Waals surface area contributed by atoms with Crippen LogP contribution in [0.15, 0.2) is 48.6 Å². The summed E-state index contributed by atoms with van der Waals surface area (Å²) in [5, 5.41) is 54.5. The Morgan fingerprint density at radius 1 is 0.486 bits per heavy atom. The summed E-state index contributed by atoms with van der Waals surface area (Å²) in [6.45, 7) is 3.76. The van der Waals surface area contributed by atoms with Gasteiger partial charge in [-0.3, -0.25) is 4.79 Å². The summed E-state index contributed by atoms with van der Waals surface area (Å²) in [4.78, 5) is 13.0. The van der Waals surface area contributed by atoms with E-state index >= 15 is 0 Å². The smallest absolute Gasteiger partial charge is 0.220 e. The number of aliphatic hydroxyl groups is 5. The fourth-order valence-electron chi connectivity index (χ4n) is 9.38. The quantitative estimate of drug-likeness (QED) is 0.0261. The highest BCUT2D eigenvalue weighted by molar-refractivity contribution is 5.76. The molecule has 9 nitrogen and oxygen atoms in total. The van der Waals surface area contributed by atoms with Crippen LogP contribution in [0.2, 0.25) is 0 Å². The summed E-state index contributed by atoms with van der Waals surface area (Å²) < 4.78 is 11.3. The standard InChI is InChI=1S/C61H113NO8/c1-3-5-7-9-11-13-15-17-19-21-23-24-25-26-27-28-29-30-31-33-34-36-38-40-42-44-46-48-50-55(64)54(53-69-61-60(68)59(67)58(66)56(52-63)70-61)62-57(65)51-49-47-45-43-41-39-37-35-32-22-20-18-16-14-12-10-8-6-4-2/h12,14,18,20,40,42,48,50,54-56,58-61,63-64,66-68H,3-11,13,15-17,19,21-39,41,43-47,49,51-53H2,1-2H3,(H,62,65)/b14-12-,20-18-,42-40+,50-48+. The molecule has 1 rings (SSSR count). The number of hydrogen-bond acceptors (Lipinski definition) is 8. The highest BCUT2D eigenvalue weighted by Gasteiger charge is 2.44. The number of carbonyl (C=O) groups excluding carboxylic acids is 1. The van der Waals surface area contributed by atoms with Crippen molar-refractivity contribution in [1.29, 1.82) is 0 Å². The number of nitrogens with one attached hydrogen (secondary N) is 1. The van der Waals surface area contributed by atoms with Crippen molar-refractivity contribution in [2.45, 2.75) is 320 Å². The third-order valence-corrected chi connectivity index (χ3v) is 14.1. The fourth-order valence-corrected chi connectivity index (χ4v) is 9.38. The summed E-state index contributed by atoms with van der Waals surface area (Å²) in [7, 11) is 0. The predicted octanol–water partition coefficient (Wildman–Crippen LogP) is 14.9. The molecule has 0 saturated carbocycles. The lowest BCUT2D eigenvalue weighted by atomic mass is 9.99. The topological polar surface area (TPSA) is 149 Å². The van der Waals surface area contributed by atoms with Crippen molar-refractivity contribution in [1.82, 2.24) is 5.32 Å². The molecular weight excluding hydrogens is 875 g/mol. The first-order valence-electron chi connectivity index (χ1n) is 29.9. The van der Waals surface area contributed by atoms with Crippen LogP contribution in [0.3, 0.4) is 0 Å². The van der Waals surface area contributed by atoms with Gasteiger partial charge in [0.1, 0.15) is 24.4 Å². The summed E-state index contributed by atoms with van der Waals surface area (Å²) in [5.41, 5.74) is 0. The Kier molecular flexibility index (Phi) is 47.9. The minimum absolute atomic E-state index is 0.190. The number of amides is 1. The molecule has 0 bridgehead atoms. The minimum Gasteiger partial charge on any atom is -0.394 e. The fraction of sp³-hybridized carbons (Fsp3) is 0.852. The molecular formula is C61H113NO8. The van der Waals surface area contributed by atoms with Crippen LogP contribution in [0.25, 0.3) is 0 Å². The van der Waals surface area contributed by atoms with E-state index in [1.54, 1.807) is 6.08 Å². The zero-order valence-electron chi connectivity index (χ0n) is 45.5. The Bertz CT molecular complexity index is 1240. The predicted molar refractivity (Wildman–Crippen MR) is 295 cm³/mol. The van der Waals surface area contributed by atoms with E-state index in [0.29, 0.717) is 6.42 Å². The van der Waals surface area contributed by atoms with E-state index in [0.717, 1.165) is 51.4 Å². The lowest BCUT2D eigenvalue weighted by Gasteiger charge is -2.40. The molecule has 6 N–H and O–H groups in total. The third kappa shape index (κ3) is 39.7. The van der Waals surface area contributed by atoms with E-state index in [4.69, 9.17) is 9.47 Å². The first kappa shape index (κ1) is 66.2. The highest BCUT2D eigenvalue weighted by Crippen LogP contribution is 2.23. The lowest BCUT2D eigenvalue weighted by molar-refractivity contribution is -0.302. The number of hydrogen-bond donors (Lipinski definition) is 6.